The van der Waals surface area contributed by atoms with Crippen LogP contribution >= 0.6 is 0 Å². The number of ether oxygens (including phenoxy) is 1. The Bertz CT molecular complexity index is 1080. The lowest BCUT2D eigenvalue weighted by Crippen LogP contribution is -2.51. The molecule has 2 amide bonds. The molecule has 0 radical (unpaired) electrons. The van der Waals surface area contributed by atoms with Crippen molar-refractivity contribution in [2.24, 2.45) is 0 Å². The largest absolute Gasteiger partial charge is 0.460 e. The molecule has 0 bridgehead atoms. The summed E-state index contributed by atoms with van der Waals surface area (Å²) in [5, 5.41) is 0. The zero-order valence-electron chi connectivity index (χ0n) is 17.1. The first kappa shape index (κ1) is 20.0. The van der Waals surface area contributed by atoms with Crippen LogP contribution in [0.3, 0.4) is 0 Å². The first-order valence-corrected chi connectivity index (χ1v) is 10.0. The number of amides is 2. The molecule has 3 aromatic rings. The quantitative estimate of drug-likeness (QED) is 0.655. The molecule has 3 heterocycles. The van der Waals surface area contributed by atoms with Crippen LogP contribution in [0.5, 0.6) is 0 Å². The molecule has 4 rings (SSSR count). The van der Waals surface area contributed by atoms with Gasteiger partial charge in [-0.15, -0.1) is 0 Å². The fourth-order valence-corrected chi connectivity index (χ4v) is 3.78. The molecule has 1 fully saturated rings. The van der Waals surface area contributed by atoms with E-state index in [2.05, 4.69) is 0 Å². The second kappa shape index (κ2) is 8.22. The minimum atomic E-state index is -0.361. The van der Waals surface area contributed by atoms with Gasteiger partial charge < -0.3 is 23.5 Å². The predicted octanol–water partition coefficient (Wildman–Crippen LogP) is 3.64. The van der Waals surface area contributed by atoms with E-state index in [9.17, 15) is 14.0 Å². The van der Waals surface area contributed by atoms with Gasteiger partial charge in [-0.1, -0.05) is 18.2 Å². The molecule has 1 aliphatic rings. The molecular formula is C22H24FN3O4. The summed E-state index contributed by atoms with van der Waals surface area (Å²) in [4.78, 5) is 28.5. The van der Waals surface area contributed by atoms with Crippen molar-refractivity contribution in [1.29, 1.82) is 0 Å². The van der Waals surface area contributed by atoms with Crippen molar-refractivity contribution < 1.29 is 23.1 Å². The Morgan fingerprint density at radius 2 is 1.80 bits per heavy atom. The molecule has 0 aliphatic carbocycles. The van der Waals surface area contributed by atoms with Crippen molar-refractivity contribution in [3.05, 3.63) is 59.2 Å². The van der Waals surface area contributed by atoms with E-state index in [0.29, 0.717) is 49.6 Å². The number of fused-ring (bicyclic) bond motifs is 1. The van der Waals surface area contributed by atoms with Crippen molar-refractivity contribution in [3.63, 3.8) is 0 Å². The van der Waals surface area contributed by atoms with Crippen molar-refractivity contribution in [1.82, 2.24) is 14.4 Å². The molecule has 158 valence electrons. The third kappa shape index (κ3) is 3.77. The second-order valence-corrected chi connectivity index (χ2v) is 7.29. The number of nitrogens with zero attached hydrogens (tertiary/aromatic N) is 3. The van der Waals surface area contributed by atoms with Gasteiger partial charge in [0.1, 0.15) is 17.3 Å². The summed E-state index contributed by atoms with van der Waals surface area (Å²) in [5.41, 5.74) is 2.29. The molecule has 2 aromatic heterocycles. The Morgan fingerprint density at radius 1 is 1.10 bits per heavy atom. The van der Waals surface area contributed by atoms with E-state index in [1.807, 2.05) is 13.0 Å². The number of benzene rings is 1. The molecule has 8 heteroatoms. The van der Waals surface area contributed by atoms with Gasteiger partial charge in [0.2, 0.25) is 0 Å². The van der Waals surface area contributed by atoms with Crippen LogP contribution in [0.2, 0.25) is 0 Å². The minimum Gasteiger partial charge on any atom is -0.460 e. The minimum absolute atomic E-state index is 0.168. The number of rotatable bonds is 4. The zero-order valence-corrected chi connectivity index (χ0v) is 17.1. The summed E-state index contributed by atoms with van der Waals surface area (Å²) in [7, 11) is 0. The number of piperazine rings is 1. The molecular weight excluding hydrogens is 389 g/mol. The maximum Gasteiger partial charge on any atom is 0.409 e. The van der Waals surface area contributed by atoms with Crippen LogP contribution in [0.15, 0.2) is 40.8 Å². The van der Waals surface area contributed by atoms with Crippen molar-refractivity contribution in [2.75, 3.05) is 32.8 Å². The lowest BCUT2D eigenvalue weighted by Gasteiger charge is -2.34. The van der Waals surface area contributed by atoms with Crippen LogP contribution < -0.4 is 0 Å². The maximum absolute atomic E-state index is 14.3. The van der Waals surface area contributed by atoms with Crippen LogP contribution in [-0.4, -0.2) is 59.2 Å². The Hall–Kier alpha value is -3.29. The van der Waals surface area contributed by atoms with Gasteiger partial charge in [0.15, 0.2) is 5.58 Å². The molecule has 1 saturated heterocycles. The van der Waals surface area contributed by atoms with Crippen molar-refractivity contribution in [3.8, 4) is 0 Å². The van der Waals surface area contributed by atoms with Gasteiger partial charge in [-0.25, -0.2) is 9.18 Å². The lowest BCUT2D eigenvalue weighted by atomic mass is 10.2. The zero-order chi connectivity index (χ0) is 21.3. The molecule has 0 atom stereocenters. The van der Waals surface area contributed by atoms with Gasteiger partial charge in [-0.3, -0.25) is 4.79 Å². The van der Waals surface area contributed by atoms with E-state index in [0.717, 1.165) is 11.3 Å². The Morgan fingerprint density at radius 3 is 2.50 bits per heavy atom. The number of carbonyl (C=O) groups excluding carboxylic acids is 2. The first-order valence-electron chi connectivity index (χ1n) is 10.0. The highest BCUT2D eigenvalue weighted by Gasteiger charge is 2.28. The van der Waals surface area contributed by atoms with Crippen molar-refractivity contribution >= 4 is 23.1 Å². The Labute approximate surface area is 173 Å². The Balaban J connectivity index is 1.59. The summed E-state index contributed by atoms with van der Waals surface area (Å²) in [5.74, 6) is 0.240. The fourth-order valence-electron chi connectivity index (χ4n) is 3.78. The van der Waals surface area contributed by atoms with Crippen LogP contribution in [0.4, 0.5) is 9.18 Å². The van der Waals surface area contributed by atoms with Gasteiger partial charge in [0.25, 0.3) is 5.91 Å². The topological polar surface area (TPSA) is 67.9 Å². The van der Waals surface area contributed by atoms with Gasteiger partial charge in [-0.2, -0.15) is 0 Å². The number of hydrogen-bond acceptors (Lipinski definition) is 4. The van der Waals surface area contributed by atoms with Crippen LogP contribution in [0.25, 0.3) is 11.1 Å². The highest BCUT2D eigenvalue weighted by Crippen LogP contribution is 2.26. The van der Waals surface area contributed by atoms with Crippen molar-refractivity contribution in [2.45, 2.75) is 20.4 Å². The molecule has 1 aromatic carbocycles. The third-order valence-electron chi connectivity index (χ3n) is 5.31. The van der Waals surface area contributed by atoms with Crippen LogP contribution in [0, 0.1) is 12.7 Å². The number of aryl methyl sites for hydroxylation is 1. The van der Waals surface area contributed by atoms with E-state index in [1.165, 1.54) is 6.07 Å². The fraction of sp³-hybridized carbons (Fsp3) is 0.364. The maximum atomic E-state index is 14.3. The number of halogens is 1. The molecule has 30 heavy (non-hydrogen) atoms. The lowest BCUT2D eigenvalue weighted by molar-refractivity contribution is 0.0563. The van der Waals surface area contributed by atoms with E-state index in [-0.39, 0.29) is 24.4 Å². The monoisotopic (exact) mass is 413 g/mol. The summed E-state index contributed by atoms with van der Waals surface area (Å²) in [6, 6.07) is 10.1. The summed E-state index contributed by atoms with van der Waals surface area (Å²) in [6.07, 6.45) is -0.361. The highest BCUT2D eigenvalue weighted by molar-refractivity contribution is 5.98. The molecule has 1 aliphatic heterocycles. The van der Waals surface area contributed by atoms with Gasteiger partial charge >= 0.3 is 6.09 Å². The number of carbonyl (C=O) groups is 2. The average Bonchev–Trinajstić information content (AvgIpc) is 3.26. The molecule has 7 nitrogen and oxygen atoms in total. The normalized spacial score (nSPS) is 14.4. The molecule has 0 unspecified atom stereocenters. The van der Waals surface area contributed by atoms with E-state index in [4.69, 9.17) is 9.15 Å². The molecule has 0 N–H and O–H groups in total. The molecule has 0 spiro atoms. The number of furan rings is 1. The number of hydrogen-bond donors (Lipinski definition) is 0. The molecule has 0 saturated carbocycles. The van der Waals surface area contributed by atoms with Gasteiger partial charge in [0, 0.05) is 43.9 Å². The summed E-state index contributed by atoms with van der Waals surface area (Å²) >= 11 is 0. The van der Waals surface area contributed by atoms with E-state index in [1.54, 1.807) is 45.6 Å². The van der Waals surface area contributed by atoms with Gasteiger partial charge in [0.05, 0.1) is 18.7 Å². The van der Waals surface area contributed by atoms with Crippen LogP contribution in [-0.2, 0) is 11.3 Å². The van der Waals surface area contributed by atoms with Gasteiger partial charge in [-0.05, 0) is 19.9 Å². The second-order valence-electron chi connectivity index (χ2n) is 7.29. The summed E-state index contributed by atoms with van der Waals surface area (Å²) < 4.78 is 26.8. The summed E-state index contributed by atoms with van der Waals surface area (Å²) in [6.45, 7) is 5.77. The Kier molecular flexibility index (Phi) is 5.48. The average molecular weight is 413 g/mol. The SMILES string of the molecule is CCOC(=O)N1CCN(C(=O)c2cc3oc(C)cc3n2Cc2ccccc2F)CC1. The van der Waals surface area contributed by atoms with E-state index < -0.39 is 0 Å². The predicted molar refractivity (Wildman–Crippen MR) is 109 cm³/mol. The first-order chi connectivity index (χ1) is 14.5. The van der Waals surface area contributed by atoms with Crippen LogP contribution in [0.1, 0.15) is 28.7 Å². The highest BCUT2D eigenvalue weighted by atomic mass is 19.1. The standard InChI is InChI=1S/C22H24FN3O4/c1-3-29-22(28)25-10-8-24(9-11-25)21(27)19-13-20-18(12-15(2)30-20)26(19)14-16-6-4-5-7-17(16)23/h4-7,12-13H,3,8-11,14H2,1-2H3. The van der Waals surface area contributed by atoms with E-state index >= 15 is 0 Å². The third-order valence-corrected chi connectivity index (χ3v) is 5.31. The smallest absolute Gasteiger partial charge is 0.409 e. The number of aromatic nitrogens is 1.